The van der Waals surface area contributed by atoms with Gasteiger partial charge in [0.1, 0.15) is 11.5 Å². The number of pyridine rings is 2. The second kappa shape index (κ2) is 16.5. The van der Waals surface area contributed by atoms with Crippen molar-refractivity contribution in [3.8, 4) is 62.3 Å². The van der Waals surface area contributed by atoms with E-state index < -0.39 is 40.0 Å². The molecule has 6 rings (SSSR count). The van der Waals surface area contributed by atoms with Gasteiger partial charge < -0.3 is 4.74 Å². The Kier molecular flexibility index (Phi) is 12.1. The third kappa shape index (κ3) is 9.83. The largest absolute Gasteiger partial charge is 0.457 e. The van der Waals surface area contributed by atoms with Crippen molar-refractivity contribution >= 4 is 0 Å². The Balaban J connectivity index is 1.49. The third-order valence-corrected chi connectivity index (χ3v) is 10.7. The minimum atomic E-state index is -5.19. The number of benzene rings is 4. The van der Waals surface area contributed by atoms with Gasteiger partial charge in [0.25, 0.3) is 0 Å². The quantitative estimate of drug-likeness (QED) is 0.143. The topological polar surface area (TPSA) is 58.8 Å². The Hall–Kier alpha value is -5.95. The molecule has 0 N–H and O–H groups in total. The molecule has 0 atom stereocenters. The zero-order valence-corrected chi connectivity index (χ0v) is 36.0. The summed E-state index contributed by atoms with van der Waals surface area (Å²) in [7, 11) is 0. The highest BCUT2D eigenvalue weighted by Crippen LogP contribution is 2.46. The molecule has 0 saturated carbocycles. The smallest absolute Gasteiger partial charge is 0.417 e. The van der Waals surface area contributed by atoms with Crippen LogP contribution in [0.2, 0.25) is 0 Å². The number of aromatic nitrogens is 2. The van der Waals surface area contributed by atoms with E-state index in [0.717, 1.165) is 34.0 Å². The molecule has 2 aromatic heterocycles. The molecule has 0 spiro atoms. The van der Waals surface area contributed by atoms with Gasteiger partial charge in [0.05, 0.1) is 34.1 Å². The molecule has 6 aromatic rings. The molecule has 4 nitrogen and oxygen atoms in total. The van der Waals surface area contributed by atoms with Crippen molar-refractivity contribution in [3.63, 3.8) is 0 Å². The summed E-state index contributed by atoms with van der Waals surface area (Å²) in [6.07, 6.45) is -7.38. The normalized spacial score (nSPS) is 12.5. The molecule has 0 aliphatic rings. The van der Waals surface area contributed by atoms with Gasteiger partial charge in [0, 0.05) is 29.1 Å². The van der Waals surface area contributed by atoms with E-state index >= 15 is 0 Å². The summed E-state index contributed by atoms with van der Waals surface area (Å²) in [5.74, 6) is 1.51. The van der Waals surface area contributed by atoms with Crippen molar-refractivity contribution in [2.24, 2.45) is 0 Å². The Labute approximate surface area is 354 Å². The van der Waals surface area contributed by atoms with Gasteiger partial charge in [-0.25, -0.2) is 0 Å². The number of alkyl halides is 6. The fourth-order valence-corrected chi connectivity index (χ4v) is 7.45. The summed E-state index contributed by atoms with van der Waals surface area (Å²) in [5, 5.41) is 9.32. The number of halogens is 6. The first-order valence-electron chi connectivity index (χ1n) is 20.1. The molecule has 0 aliphatic heterocycles. The van der Waals surface area contributed by atoms with Crippen LogP contribution in [0.5, 0.6) is 11.5 Å². The van der Waals surface area contributed by atoms with Crippen molar-refractivity contribution in [1.82, 2.24) is 9.97 Å². The molecule has 0 bridgehead atoms. The van der Waals surface area contributed by atoms with Gasteiger partial charge >= 0.3 is 12.4 Å². The molecular weight excluding hydrogens is 785 g/mol. The van der Waals surface area contributed by atoms with Crippen LogP contribution in [0.3, 0.4) is 0 Å². The van der Waals surface area contributed by atoms with E-state index in [1.807, 2.05) is 51.2 Å². The average molecular weight is 834 g/mol. The highest BCUT2D eigenvalue weighted by atomic mass is 19.4. The number of hydrogen-bond donors (Lipinski definition) is 0. The van der Waals surface area contributed by atoms with Crippen LogP contribution in [0.1, 0.15) is 120 Å². The highest BCUT2D eigenvalue weighted by Gasteiger charge is 2.42. The van der Waals surface area contributed by atoms with E-state index in [9.17, 15) is 31.6 Å². The molecule has 0 unspecified atom stereocenters. The van der Waals surface area contributed by atoms with Gasteiger partial charge in [-0.2, -0.15) is 31.6 Å². The van der Waals surface area contributed by atoms with Crippen molar-refractivity contribution < 1.29 is 31.1 Å². The minimum absolute atomic E-state index is 0.131. The Morgan fingerprint density at radius 2 is 0.934 bits per heavy atom. The van der Waals surface area contributed by atoms with Crippen molar-refractivity contribution in [2.75, 3.05) is 0 Å². The summed E-state index contributed by atoms with van der Waals surface area (Å²) >= 11 is 0. The van der Waals surface area contributed by atoms with E-state index in [0.29, 0.717) is 41.0 Å². The van der Waals surface area contributed by atoms with Crippen LogP contribution in [0.15, 0.2) is 103 Å². The van der Waals surface area contributed by atoms with Crippen LogP contribution < -0.4 is 4.74 Å². The lowest BCUT2D eigenvalue weighted by Gasteiger charge is -2.23. The Morgan fingerprint density at radius 1 is 0.525 bits per heavy atom. The van der Waals surface area contributed by atoms with Crippen molar-refractivity contribution in [3.05, 3.63) is 142 Å². The number of nitriles is 1. The van der Waals surface area contributed by atoms with Gasteiger partial charge in [-0.15, -0.1) is 0 Å². The molecule has 10 heteroatoms. The highest BCUT2D eigenvalue weighted by molar-refractivity contribution is 5.79. The molecule has 2 heterocycles. The second-order valence-electron chi connectivity index (χ2n) is 18.1. The standard InChI is InChI=1S/C51H49F6N3O/c1-29(2)40-12-11-13-41(30(3)4)46(40)32-14-16-59-44(24-32)34-20-36(48(5,6)7)26-38(22-34)61-39-23-35(21-37(27-39)49(8,9)10)45-25-33(15-17-60-45)47-42(50(52,53)54)18-31(28-58)19-43(47)51(55,56)57/h11-27,29-30H,1-10H3. The van der Waals surface area contributed by atoms with Gasteiger partial charge in [-0.05, 0) is 134 Å². The van der Waals surface area contributed by atoms with Gasteiger partial charge in [0.15, 0.2) is 0 Å². The summed E-state index contributed by atoms with van der Waals surface area (Å²) in [6.45, 7) is 21.0. The van der Waals surface area contributed by atoms with Crippen LogP contribution in [0.4, 0.5) is 26.3 Å². The maximum Gasteiger partial charge on any atom is 0.417 e. The fourth-order valence-electron chi connectivity index (χ4n) is 7.45. The summed E-state index contributed by atoms with van der Waals surface area (Å²) in [6, 6.07) is 26.6. The molecule has 0 amide bonds. The molecule has 0 radical (unpaired) electrons. The summed E-state index contributed by atoms with van der Waals surface area (Å²) < 4.78 is 93.1. The molecule has 0 saturated heterocycles. The first-order valence-corrected chi connectivity index (χ1v) is 20.1. The maximum atomic E-state index is 14.4. The molecule has 4 aromatic carbocycles. The van der Waals surface area contributed by atoms with Crippen molar-refractivity contribution in [2.45, 2.75) is 104 Å². The van der Waals surface area contributed by atoms with Crippen molar-refractivity contribution in [1.29, 1.82) is 5.26 Å². The van der Waals surface area contributed by atoms with Gasteiger partial charge in [-0.3, -0.25) is 9.97 Å². The fraction of sp³-hybridized carbons (Fsp3) is 0.314. The lowest BCUT2D eigenvalue weighted by molar-refractivity contribution is -0.142. The number of rotatable bonds is 8. The van der Waals surface area contributed by atoms with E-state index in [-0.39, 0.29) is 16.7 Å². The SMILES string of the molecule is CC(C)c1cccc(C(C)C)c1-c1ccnc(-c2cc(Oc3cc(-c4cc(-c5c(C(F)(F)F)cc(C#N)cc5C(F)(F)F)ccn4)cc(C(C)(C)C)c3)cc(C(C)(C)C)c2)c1. The minimum Gasteiger partial charge on any atom is -0.457 e. The zero-order valence-electron chi connectivity index (χ0n) is 36.0. The monoisotopic (exact) mass is 833 g/mol. The second-order valence-corrected chi connectivity index (χ2v) is 18.1. The predicted octanol–water partition coefficient (Wildman–Crippen LogP) is 15.7. The first-order chi connectivity index (χ1) is 28.3. The van der Waals surface area contributed by atoms with Crippen LogP contribution >= 0.6 is 0 Å². The first kappa shape index (κ1) is 44.6. The van der Waals surface area contributed by atoms with E-state index in [2.05, 4.69) is 83.8 Å². The summed E-state index contributed by atoms with van der Waals surface area (Å²) in [5.41, 5.74) is 2.63. The summed E-state index contributed by atoms with van der Waals surface area (Å²) in [4.78, 5) is 9.23. The molecule has 61 heavy (non-hydrogen) atoms. The van der Waals surface area contributed by atoms with Crippen LogP contribution in [0, 0.1) is 11.3 Å². The molecule has 316 valence electrons. The molecule has 0 fully saturated rings. The van der Waals surface area contributed by atoms with Gasteiger partial charge in [0.2, 0.25) is 0 Å². The Morgan fingerprint density at radius 3 is 1.30 bits per heavy atom. The Bertz CT molecular complexity index is 2580. The molecule has 0 aliphatic carbocycles. The van der Waals surface area contributed by atoms with Gasteiger partial charge in [-0.1, -0.05) is 87.4 Å². The van der Waals surface area contributed by atoms with E-state index in [1.165, 1.54) is 35.0 Å². The average Bonchev–Trinajstić information content (AvgIpc) is 3.18. The number of ether oxygens (including phenoxy) is 1. The van der Waals surface area contributed by atoms with E-state index in [4.69, 9.17) is 9.72 Å². The van der Waals surface area contributed by atoms with E-state index in [1.54, 1.807) is 12.1 Å². The maximum absolute atomic E-state index is 14.4. The van der Waals surface area contributed by atoms with Crippen LogP contribution in [0.25, 0.3) is 44.8 Å². The predicted molar refractivity (Wildman–Crippen MR) is 231 cm³/mol. The number of nitrogens with zero attached hydrogens (tertiary/aromatic N) is 3. The number of hydrogen-bond acceptors (Lipinski definition) is 4. The lowest BCUT2D eigenvalue weighted by atomic mass is 9.84. The zero-order chi connectivity index (χ0) is 44.8. The lowest BCUT2D eigenvalue weighted by Crippen LogP contribution is -2.15. The third-order valence-electron chi connectivity index (χ3n) is 10.7. The molecular formula is C51H49F6N3O. The van der Waals surface area contributed by atoms with Crippen LogP contribution in [-0.4, -0.2) is 9.97 Å². The van der Waals surface area contributed by atoms with Crippen LogP contribution in [-0.2, 0) is 23.2 Å².